The molecule has 5 nitrogen and oxygen atoms in total. The topological polar surface area (TPSA) is 57.4 Å². The lowest BCUT2D eigenvalue weighted by Gasteiger charge is -2.04. The predicted octanol–water partition coefficient (Wildman–Crippen LogP) is 2.43. The van der Waals surface area contributed by atoms with Gasteiger partial charge in [-0.25, -0.2) is 8.78 Å². The van der Waals surface area contributed by atoms with E-state index in [-0.39, 0.29) is 24.2 Å². The summed E-state index contributed by atoms with van der Waals surface area (Å²) < 4.78 is 41.5. The third-order valence-electron chi connectivity index (χ3n) is 3.02. The quantitative estimate of drug-likeness (QED) is 0.862. The Balaban J connectivity index is 1.63. The van der Waals surface area contributed by atoms with E-state index in [1.54, 1.807) is 0 Å². The molecule has 106 valence electrons. The van der Waals surface area contributed by atoms with Crippen LogP contribution in [0.15, 0.2) is 22.7 Å². The van der Waals surface area contributed by atoms with Crippen molar-refractivity contribution >= 4 is 0 Å². The molecule has 2 aromatic rings. The van der Waals surface area contributed by atoms with Crippen molar-refractivity contribution < 1.29 is 22.8 Å². The number of nitrogens with zero attached hydrogens (tertiary/aromatic N) is 2. The molecule has 1 aromatic carbocycles. The summed E-state index contributed by atoms with van der Waals surface area (Å²) in [5, 5.41) is 3.85. The Morgan fingerprint density at radius 2 is 2.25 bits per heavy atom. The first-order valence-corrected chi connectivity index (χ1v) is 6.20. The fourth-order valence-corrected chi connectivity index (χ4v) is 1.96. The number of halogens is 2. The summed E-state index contributed by atoms with van der Waals surface area (Å²) in [4.78, 5) is 4.18. The number of hydrogen-bond acceptors (Lipinski definition) is 5. The molecule has 7 heteroatoms. The number of hydrogen-bond donors (Lipinski definition) is 0. The van der Waals surface area contributed by atoms with Gasteiger partial charge in [-0.15, -0.1) is 0 Å². The van der Waals surface area contributed by atoms with E-state index in [0.717, 1.165) is 18.6 Å². The molecule has 1 aliphatic rings. The van der Waals surface area contributed by atoms with Crippen LogP contribution >= 0.6 is 0 Å². The van der Waals surface area contributed by atoms with Crippen LogP contribution in [0.25, 0.3) is 0 Å². The van der Waals surface area contributed by atoms with Crippen LogP contribution in [-0.4, -0.2) is 23.4 Å². The standard InChI is InChI=1S/C13H12F2N2O3/c14-9-1-2-11(10(15)5-9)19-7-12-16-13(17-20-12)8-3-4-18-6-8/h1-2,5,8H,3-4,6-7H2. The van der Waals surface area contributed by atoms with Crippen molar-refractivity contribution in [2.45, 2.75) is 18.9 Å². The van der Waals surface area contributed by atoms with Gasteiger partial charge in [0, 0.05) is 18.6 Å². The van der Waals surface area contributed by atoms with E-state index >= 15 is 0 Å². The minimum absolute atomic E-state index is 0.0599. The van der Waals surface area contributed by atoms with Crippen LogP contribution in [0.2, 0.25) is 0 Å². The molecule has 0 spiro atoms. The maximum absolute atomic E-state index is 13.4. The number of aromatic nitrogens is 2. The highest BCUT2D eigenvalue weighted by Crippen LogP contribution is 2.23. The molecular weight excluding hydrogens is 270 g/mol. The van der Waals surface area contributed by atoms with Crippen molar-refractivity contribution in [3.05, 3.63) is 41.5 Å². The van der Waals surface area contributed by atoms with Gasteiger partial charge >= 0.3 is 0 Å². The highest BCUT2D eigenvalue weighted by molar-refractivity contribution is 5.24. The van der Waals surface area contributed by atoms with Gasteiger partial charge in [0.2, 0.25) is 0 Å². The molecule has 0 amide bonds. The van der Waals surface area contributed by atoms with Crippen LogP contribution in [0.1, 0.15) is 24.1 Å². The van der Waals surface area contributed by atoms with Gasteiger partial charge in [-0.05, 0) is 18.6 Å². The SMILES string of the molecule is Fc1ccc(OCc2nc(C3CCOC3)no2)c(F)c1. The summed E-state index contributed by atoms with van der Waals surface area (Å²) >= 11 is 0. The Hall–Kier alpha value is -2.02. The predicted molar refractivity (Wildman–Crippen MR) is 63.2 cm³/mol. The van der Waals surface area contributed by atoms with E-state index in [9.17, 15) is 8.78 Å². The third kappa shape index (κ3) is 2.77. The molecule has 0 N–H and O–H groups in total. The molecular formula is C13H12F2N2O3. The van der Waals surface area contributed by atoms with Crippen molar-refractivity contribution in [1.82, 2.24) is 10.1 Å². The number of benzene rings is 1. The summed E-state index contributed by atoms with van der Waals surface area (Å²) in [5.74, 6) is -0.535. The highest BCUT2D eigenvalue weighted by atomic mass is 19.1. The maximum atomic E-state index is 13.4. The zero-order valence-electron chi connectivity index (χ0n) is 10.5. The van der Waals surface area contributed by atoms with E-state index in [2.05, 4.69) is 10.1 Å². The highest BCUT2D eigenvalue weighted by Gasteiger charge is 2.23. The van der Waals surface area contributed by atoms with Crippen molar-refractivity contribution in [3.8, 4) is 5.75 Å². The van der Waals surface area contributed by atoms with E-state index in [4.69, 9.17) is 14.0 Å². The van der Waals surface area contributed by atoms with Gasteiger partial charge in [-0.3, -0.25) is 0 Å². The van der Waals surface area contributed by atoms with Crippen LogP contribution in [0.5, 0.6) is 5.75 Å². The van der Waals surface area contributed by atoms with Crippen LogP contribution in [0.4, 0.5) is 8.78 Å². The van der Waals surface area contributed by atoms with E-state index in [0.29, 0.717) is 19.0 Å². The third-order valence-corrected chi connectivity index (χ3v) is 3.02. The van der Waals surface area contributed by atoms with Gasteiger partial charge in [-0.1, -0.05) is 5.16 Å². The fraction of sp³-hybridized carbons (Fsp3) is 0.385. The summed E-state index contributed by atoms with van der Waals surface area (Å²) in [5.41, 5.74) is 0. The minimum atomic E-state index is -0.770. The first kappa shape index (κ1) is 13.0. The first-order chi connectivity index (χ1) is 9.72. The Labute approximate surface area is 113 Å². The Bertz CT molecular complexity index is 597. The van der Waals surface area contributed by atoms with Crippen molar-refractivity contribution in [2.24, 2.45) is 0 Å². The molecule has 1 aliphatic heterocycles. The lowest BCUT2D eigenvalue weighted by Crippen LogP contribution is -2.01. The van der Waals surface area contributed by atoms with Crippen molar-refractivity contribution in [1.29, 1.82) is 0 Å². The van der Waals surface area contributed by atoms with E-state index in [1.807, 2.05) is 0 Å². The van der Waals surface area contributed by atoms with E-state index < -0.39 is 11.6 Å². The average molecular weight is 282 g/mol. The Morgan fingerprint density at radius 3 is 3.00 bits per heavy atom. The molecule has 2 heterocycles. The van der Waals surface area contributed by atoms with Gasteiger partial charge in [0.15, 0.2) is 24.0 Å². The zero-order chi connectivity index (χ0) is 13.9. The molecule has 0 bridgehead atoms. The molecule has 0 aliphatic carbocycles. The van der Waals surface area contributed by atoms with Gasteiger partial charge < -0.3 is 14.0 Å². The molecule has 1 aromatic heterocycles. The Morgan fingerprint density at radius 1 is 1.35 bits per heavy atom. The van der Waals surface area contributed by atoms with Crippen LogP contribution in [0.3, 0.4) is 0 Å². The maximum Gasteiger partial charge on any atom is 0.264 e. The van der Waals surface area contributed by atoms with Gasteiger partial charge in [-0.2, -0.15) is 4.98 Å². The molecule has 1 atom stereocenters. The summed E-state index contributed by atoms with van der Waals surface area (Å²) in [6.45, 7) is 1.20. The smallest absolute Gasteiger partial charge is 0.264 e. The van der Waals surface area contributed by atoms with Crippen LogP contribution in [0, 0.1) is 11.6 Å². The number of rotatable bonds is 4. The second-order valence-corrected chi connectivity index (χ2v) is 4.47. The summed E-state index contributed by atoms with van der Waals surface area (Å²) in [6, 6.07) is 3.09. The summed E-state index contributed by atoms with van der Waals surface area (Å²) in [6.07, 6.45) is 0.854. The normalized spacial score (nSPS) is 18.4. The fourth-order valence-electron chi connectivity index (χ4n) is 1.96. The Kier molecular flexibility index (Phi) is 3.60. The van der Waals surface area contributed by atoms with E-state index in [1.165, 1.54) is 6.07 Å². The molecule has 0 radical (unpaired) electrons. The molecule has 3 rings (SSSR count). The number of ether oxygens (including phenoxy) is 2. The monoisotopic (exact) mass is 282 g/mol. The van der Waals surface area contributed by atoms with Crippen molar-refractivity contribution in [3.63, 3.8) is 0 Å². The minimum Gasteiger partial charge on any atom is -0.481 e. The van der Waals surface area contributed by atoms with Crippen LogP contribution in [-0.2, 0) is 11.3 Å². The van der Waals surface area contributed by atoms with Crippen LogP contribution < -0.4 is 4.74 Å². The molecule has 1 unspecified atom stereocenters. The lowest BCUT2D eigenvalue weighted by molar-refractivity contribution is 0.192. The van der Waals surface area contributed by atoms with Gasteiger partial charge in [0.25, 0.3) is 5.89 Å². The lowest BCUT2D eigenvalue weighted by atomic mass is 10.1. The zero-order valence-corrected chi connectivity index (χ0v) is 10.5. The molecule has 0 saturated carbocycles. The molecule has 1 saturated heterocycles. The summed E-state index contributed by atoms with van der Waals surface area (Å²) in [7, 11) is 0. The average Bonchev–Trinajstić information content (AvgIpc) is 3.08. The van der Waals surface area contributed by atoms with Crippen molar-refractivity contribution in [2.75, 3.05) is 13.2 Å². The van der Waals surface area contributed by atoms with Gasteiger partial charge in [0.1, 0.15) is 5.82 Å². The second kappa shape index (κ2) is 5.54. The molecule has 20 heavy (non-hydrogen) atoms. The van der Waals surface area contributed by atoms with Gasteiger partial charge in [0.05, 0.1) is 6.61 Å². The first-order valence-electron chi connectivity index (χ1n) is 6.20. The molecule has 1 fully saturated rings. The largest absolute Gasteiger partial charge is 0.481 e. The second-order valence-electron chi connectivity index (χ2n) is 4.47.